The summed E-state index contributed by atoms with van der Waals surface area (Å²) in [4.78, 5) is 69.7. The summed E-state index contributed by atoms with van der Waals surface area (Å²) < 4.78 is 5.70. The fourth-order valence-electron chi connectivity index (χ4n) is 5.20. The van der Waals surface area contributed by atoms with Gasteiger partial charge in [-0.15, -0.1) is 0 Å². The first kappa shape index (κ1) is 32.6. The van der Waals surface area contributed by atoms with Gasteiger partial charge in [0.15, 0.2) is 0 Å². The van der Waals surface area contributed by atoms with Crippen molar-refractivity contribution in [3.8, 4) is 0 Å². The van der Waals surface area contributed by atoms with E-state index in [2.05, 4.69) is 21.0 Å². The minimum atomic E-state index is -1.48. The Morgan fingerprint density at radius 3 is 2.50 bits per heavy atom. The molecule has 1 unspecified atom stereocenters. The lowest BCUT2D eigenvalue weighted by Gasteiger charge is -2.35. The molecule has 0 spiro atoms. The lowest BCUT2D eigenvalue weighted by atomic mass is 9.97. The zero-order valence-electron chi connectivity index (χ0n) is 25.1. The summed E-state index contributed by atoms with van der Waals surface area (Å²) in [6, 6.07) is 5.61. The van der Waals surface area contributed by atoms with Gasteiger partial charge in [0.1, 0.15) is 24.2 Å². The number of rotatable bonds is 4. The number of aliphatic hydroxyl groups is 1. The molecular formula is C31H39N5O8. The summed E-state index contributed by atoms with van der Waals surface area (Å²) in [6.45, 7) is 6.69. The number of aliphatic carboxylic acids is 1. The quantitative estimate of drug-likeness (QED) is 0.318. The highest BCUT2D eigenvalue weighted by molar-refractivity contribution is 5.95. The molecule has 0 aliphatic carbocycles. The Morgan fingerprint density at radius 1 is 1.09 bits per heavy atom. The minimum Gasteiger partial charge on any atom is -0.481 e. The molecule has 3 heterocycles. The number of carbonyl (C=O) groups excluding carboxylic acids is 4. The Balaban J connectivity index is 1.74. The number of amides is 3. The molecule has 1 saturated heterocycles. The number of cyclic esters (lactones) is 1. The number of nitrogens with one attached hydrogen (secondary N) is 3. The highest BCUT2D eigenvalue weighted by Gasteiger charge is 2.37. The van der Waals surface area contributed by atoms with Crippen LogP contribution in [0.25, 0.3) is 17.0 Å². The van der Waals surface area contributed by atoms with E-state index in [-0.39, 0.29) is 6.54 Å². The monoisotopic (exact) mass is 609 g/mol. The van der Waals surface area contributed by atoms with Crippen LogP contribution >= 0.6 is 0 Å². The fraction of sp³-hybridized carbons (Fsp3) is 0.484. The van der Waals surface area contributed by atoms with Crippen molar-refractivity contribution in [2.75, 3.05) is 6.54 Å². The minimum absolute atomic E-state index is 0.172. The van der Waals surface area contributed by atoms with Crippen LogP contribution in [-0.2, 0) is 28.7 Å². The summed E-state index contributed by atoms with van der Waals surface area (Å²) in [5.41, 5.74) is 4.67. The first-order valence-electron chi connectivity index (χ1n) is 14.7. The lowest BCUT2D eigenvalue weighted by molar-refractivity contribution is -0.158. The predicted octanol–water partition coefficient (Wildman–Crippen LogP) is 1.46. The van der Waals surface area contributed by atoms with Crippen LogP contribution in [-0.4, -0.2) is 80.6 Å². The van der Waals surface area contributed by atoms with Gasteiger partial charge in [-0.1, -0.05) is 44.2 Å². The highest BCUT2D eigenvalue weighted by atomic mass is 16.5. The van der Waals surface area contributed by atoms with Gasteiger partial charge in [-0.25, -0.2) is 10.4 Å². The molecule has 1 aromatic carbocycles. The van der Waals surface area contributed by atoms with Crippen LogP contribution < -0.4 is 16.1 Å². The molecule has 1 aromatic heterocycles. The number of carboxylic acid groups (broad SMARTS) is 1. The van der Waals surface area contributed by atoms with E-state index in [1.54, 1.807) is 32.9 Å². The third kappa shape index (κ3) is 7.77. The highest BCUT2D eigenvalue weighted by Crippen LogP contribution is 2.23. The number of hydrogen-bond donors (Lipinski definition) is 5. The summed E-state index contributed by atoms with van der Waals surface area (Å²) in [6.07, 6.45) is 1.45. The second-order valence-corrected chi connectivity index (χ2v) is 11.6. The summed E-state index contributed by atoms with van der Waals surface area (Å²) in [7, 11) is 0. The normalized spacial score (nSPS) is 27.0. The topological polar surface area (TPSA) is 187 Å². The maximum absolute atomic E-state index is 13.5. The van der Waals surface area contributed by atoms with Gasteiger partial charge in [-0.3, -0.25) is 29.0 Å². The average molecular weight is 610 g/mol. The van der Waals surface area contributed by atoms with Gasteiger partial charge < -0.3 is 25.6 Å². The van der Waals surface area contributed by atoms with E-state index in [0.717, 1.165) is 10.4 Å². The average Bonchev–Trinajstić information content (AvgIpc) is 2.97. The zero-order chi connectivity index (χ0) is 32.1. The van der Waals surface area contributed by atoms with Crippen molar-refractivity contribution in [1.82, 2.24) is 26.1 Å². The van der Waals surface area contributed by atoms with E-state index in [1.807, 2.05) is 24.3 Å². The molecule has 2 aliphatic heterocycles. The maximum Gasteiger partial charge on any atom is 0.325 e. The molecule has 2 aromatic rings. The van der Waals surface area contributed by atoms with Crippen LogP contribution in [0.1, 0.15) is 64.3 Å². The summed E-state index contributed by atoms with van der Waals surface area (Å²) in [5.74, 6) is -5.54. The van der Waals surface area contributed by atoms with E-state index in [9.17, 15) is 34.2 Å². The van der Waals surface area contributed by atoms with Crippen molar-refractivity contribution < 1.29 is 38.9 Å². The Bertz CT molecular complexity index is 1460. The van der Waals surface area contributed by atoms with Gasteiger partial charge in [-0.2, -0.15) is 0 Å². The third-order valence-corrected chi connectivity index (χ3v) is 7.74. The number of fused-ring (bicyclic) bond motifs is 4. The molecule has 3 amide bonds. The molecule has 5 bridgehead atoms. The number of aromatic nitrogens is 1. The standard InChI is InChI=1S/C31H39N5O8/c1-16(2)27-29(41)33-25(15-26(38)39)30(42)36-13-5-6-23(35-36)31(43)44-18(4)22-12-10-20-9-7-19(14-24(20)32-22)8-11-21(17(3)37)28(40)34-27/h7-12,14,16-18,21,23,25,27,35,37H,5-6,13,15H2,1-4H3,(H,33,41)(H,34,40)(H,38,39)/b11-8+/t17-,18-,21?,23+,25+,27+/m1/s1. The second-order valence-electron chi connectivity index (χ2n) is 11.6. The van der Waals surface area contributed by atoms with Crippen LogP contribution in [0, 0.1) is 11.8 Å². The number of carbonyl (C=O) groups is 5. The number of ether oxygens (including phenoxy) is 1. The Kier molecular flexibility index (Phi) is 10.3. The summed E-state index contributed by atoms with van der Waals surface area (Å²) in [5, 5.41) is 27.1. The van der Waals surface area contributed by atoms with Crippen molar-refractivity contribution in [2.45, 2.75) is 77.3 Å². The second kappa shape index (κ2) is 14.0. The molecule has 1 fully saturated rings. The molecule has 0 radical (unpaired) electrons. The maximum atomic E-state index is 13.5. The Hall–Kier alpha value is -4.36. The van der Waals surface area contributed by atoms with Crippen LogP contribution in [0.3, 0.4) is 0 Å². The Labute approximate surface area is 255 Å². The van der Waals surface area contributed by atoms with Gasteiger partial charge in [0.2, 0.25) is 11.8 Å². The number of nitrogens with zero attached hydrogens (tertiary/aromatic N) is 2. The fourth-order valence-corrected chi connectivity index (χ4v) is 5.20. The van der Waals surface area contributed by atoms with Gasteiger partial charge in [0.25, 0.3) is 5.91 Å². The zero-order valence-corrected chi connectivity index (χ0v) is 25.1. The molecule has 236 valence electrons. The van der Waals surface area contributed by atoms with Gasteiger partial charge >= 0.3 is 11.9 Å². The molecule has 0 saturated carbocycles. The Morgan fingerprint density at radius 2 is 1.82 bits per heavy atom. The predicted molar refractivity (Wildman–Crippen MR) is 159 cm³/mol. The van der Waals surface area contributed by atoms with Gasteiger partial charge in [0.05, 0.1) is 29.7 Å². The molecule has 13 nitrogen and oxygen atoms in total. The van der Waals surface area contributed by atoms with Crippen molar-refractivity contribution in [2.24, 2.45) is 11.8 Å². The van der Waals surface area contributed by atoms with Crippen LogP contribution in [0.15, 0.2) is 36.4 Å². The molecule has 2 aliphatic rings. The van der Waals surface area contributed by atoms with Crippen molar-refractivity contribution in [1.29, 1.82) is 0 Å². The number of hydrazine groups is 1. The largest absolute Gasteiger partial charge is 0.481 e. The van der Waals surface area contributed by atoms with Gasteiger partial charge in [0, 0.05) is 11.9 Å². The number of pyridine rings is 1. The van der Waals surface area contributed by atoms with E-state index < -0.39 is 78.3 Å². The first-order chi connectivity index (χ1) is 20.8. The van der Waals surface area contributed by atoms with Crippen molar-refractivity contribution >= 4 is 46.6 Å². The van der Waals surface area contributed by atoms with E-state index in [1.165, 1.54) is 13.0 Å². The number of benzene rings is 1. The smallest absolute Gasteiger partial charge is 0.325 e. The van der Waals surface area contributed by atoms with E-state index >= 15 is 0 Å². The van der Waals surface area contributed by atoms with E-state index in [0.29, 0.717) is 29.6 Å². The third-order valence-electron chi connectivity index (χ3n) is 7.74. The number of carboxylic acids is 1. The van der Waals surface area contributed by atoms with E-state index in [4.69, 9.17) is 4.74 Å². The first-order valence-corrected chi connectivity index (χ1v) is 14.7. The van der Waals surface area contributed by atoms with Crippen LogP contribution in [0.2, 0.25) is 0 Å². The number of aliphatic hydroxyl groups excluding tert-OH is 1. The summed E-state index contributed by atoms with van der Waals surface area (Å²) >= 11 is 0. The molecule has 5 N–H and O–H groups in total. The lowest BCUT2D eigenvalue weighted by Crippen LogP contribution is -2.62. The van der Waals surface area contributed by atoms with Crippen molar-refractivity contribution in [3.63, 3.8) is 0 Å². The molecule has 6 atom stereocenters. The van der Waals surface area contributed by atoms with Crippen LogP contribution in [0.4, 0.5) is 0 Å². The molecule has 4 rings (SSSR count). The van der Waals surface area contributed by atoms with Crippen molar-refractivity contribution in [3.05, 3.63) is 47.7 Å². The molecule has 13 heteroatoms. The number of hydrogen-bond acceptors (Lipinski definition) is 9. The number of esters is 1. The SMILES string of the molecule is CC(C)[C@@H]1NC(=O)C([C@@H](C)O)/C=C/c2ccc3ccc(nc3c2)[C@@H](C)OC(=O)[C@@H]2CCCN(N2)C(=O)[C@H](CC(=O)O)NC1=O. The van der Waals surface area contributed by atoms with Crippen LogP contribution in [0.5, 0.6) is 0 Å². The molecule has 44 heavy (non-hydrogen) atoms. The van der Waals surface area contributed by atoms with Gasteiger partial charge in [-0.05, 0) is 50.3 Å². The molecular weight excluding hydrogens is 570 g/mol.